The summed E-state index contributed by atoms with van der Waals surface area (Å²) in [6, 6.07) is 5.96. The van der Waals surface area contributed by atoms with Gasteiger partial charge in [0.1, 0.15) is 6.21 Å². The number of aliphatic imine (C=N–C) groups is 1. The van der Waals surface area contributed by atoms with Crippen LogP contribution < -0.4 is 5.32 Å². The summed E-state index contributed by atoms with van der Waals surface area (Å²) >= 11 is 1.24. The van der Waals surface area contributed by atoms with Gasteiger partial charge in [0, 0.05) is 10.6 Å². The Morgan fingerprint density at radius 1 is 1.26 bits per heavy atom. The van der Waals surface area contributed by atoms with E-state index in [1.807, 2.05) is 6.92 Å². The van der Waals surface area contributed by atoms with Gasteiger partial charge in [0.15, 0.2) is 5.92 Å². The number of nitrogens with one attached hydrogen (secondary N) is 1. The van der Waals surface area contributed by atoms with Gasteiger partial charge in [0.25, 0.3) is 5.84 Å². The first kappa shape index (κ1) is 22.4. The quantitative estimate of drug-likeness (QED) is 0.533. The number of imide groups is 1. The lowest BCUT2D eigenvalue weighted by molar-refractivity contribution is -0.407. The number of carbonyl (C=O) groups is 4. The second-order valence-corrected chi connectivity index (χ2v) is 7.99. The molecule has 31 heavy (non-hydrogen) atoms. The first-order valence-electron chi connectivity index (χ1n) is 9.61. The Kier molecular flexibility index (Phi) is 6.69. The third-order valence-electron chi connectivity index (χ3n) is 4.83. The number of anilines is 1. The lowest BCUT2D eigenvalue weighted by Gasteiger charge is -2.27. The maximum absolute atomic E-state index is 12.7. The van der Waals surface area contributed by atoms with E-state index in [4.69, 9.17) is 4.74 Å². The van der Waals surface area contributed by atoms with Gasteiger partial charge in [-0.3, -0.25) is 9.59 Å². The zero-order valence-electron chi connectivity index (χ0n) is 17.7. The zero-order chi connectivity index (χ0) is 22.7. The molecule has 0 aromatic heterocycles. The van der Waals surface area contributed by atoms with Crippen molar-refractivity contribution in [2.45, 2.75) is 13.8 Å². The number of esters is 1. The van der Waals surface area contributed by atoms with Crippen LogP contribution in [0.1, 0.15) is 24.2 Å². The maximum atomic E-state index is 12.7. The van der Waals surface area contributed by atoms with Crippen LogP contribution >= 0.6 is 11.8 Å². The second kappa shape index (κ2) is 9.25. The number of nitrogens with zero attached hydrogens (tertiary/aromatic N) is 3. The molecule has 1 unspecified atom stereocenters. The van der Waals surface area contributed by atoms with E-state index in [0.717, 1.165) is 10.5 Å². The lowest BCUT2D eigenvalue weighted by Crippen LogP contribution is -2.52. The van der Waals surface area contributed by atoms with E-state index in [9.17, 15) is 19.2 Å². The smallest absolute Gasteiger partial charge is 0.445 e. The summed E-state index contributed by atoms with van der Waals surface area (Å²) in [5, 5.41) is 2.77. The van der Waals surface area contributed by atoms with E-state index < -0.39 is 17.9 Å². The van der Waals surface area contributed by atoms with Crippen molar-refractivity contribution >= 4 is 53.3 Å². The van der Waals surface area contributed by atoms with Crippen molar-refractivity contribution in [3.8, 4) is 0 Å². The summed E-state index contributed by atoms with van der Waals surface area (Å²) in [6.45, 7) is 3.84. The molecule has 0 radical (unpaired) electrons. The normalized spacial score (nSPS) is 18.3. The molecule has 2 aliphatic rings. The van der Waals surface area contributed by atoms with Crippen molar-refractivity contribution < 1.29 is 28.5 Å². The highest BCUT2D eigenvalue weighted by Crippen LogP contribution is 2.34. The molecule has 10 heteroatoms. The van der Waals surface area contributed by atoms with Gasteiger partial charge < -0.3 is 10.1 Å². The molecule has 2 heterocycles. The monoisotopic (exact) mass is 443 g/mol. The number of fused-ring (bicyclic) bond motifs is 1. The molecule has 2 aliphatic heterocycles. The molecular weight excluding hydrogens is 420 g/mol. The molecular formula is C21H23N4O5S+. The third kappa shape index (κ3) is 4.58. The van der Waals surface area contributed by atoms with Crippen molar-refractivity contribution in [2.75, 3.05) is 31.8 Å². The minimum absolute atomic E-state index is 0.0680. The molecule has 0 bridgehead atoms. The molecule has 0 spiro atoms. The van der Waals surface area contributed by atoms with Crippen LogP contribution in [0.5, 0.6) is 0 Å². The van der Waals surface area contributed by atoms with Gasteiger partial charge in [-0.15, -0.1) is 16.8 Å². The Labute approximate surface area is 183 Å². The molecule has 1 aromatic rings. The van der Waals surface area contributed by atoms with Crippen molar-refractivity contribution in [3.63, 3.8) is 0 Å². The average molecular weight is 444 g/mol. The maximum Gasteiger partial charge on any atom is 0.445 e. The molecule has 9 nitrogen and oxygen atoms in total. The molecule has 1 aromatic carbocycles. The van der Waals surface area contributed by atoms with Crippen LogP contribution in [0.3, 0.4) is 0 Å². The summed E-state index contributed by atoms with van der Waals surface area (Å²) in [5.41, 5.74) is 1.72. The van der Waals surface area contributed by atoms with Gasteiger partial charge in [0.2, 0.25) is 5.91 Å². The lowest BCUT2D eigenvalue weighted by atomic mass is 9.99. The van der Waals surface area contributed by atoms with Crippen LogP contribution in [0, 0.1) is 5.92 Å². The third-order valence-corrected chi connectivity index (χ3v) is 6.11. The summed E-state index contributed by atoms with van der Waals surface area (Å²) in [6.07, 6.45) is 1.60. The van der Waals surface area contributed by atoms with Gasteiger partial charge in [-0.25, -0.2) is 9.59 Å². The highest BCUT2D eigenvalue weighted by molar-refractivity contribution is 8.03. The number of urea groups is 1. The SMILES string of the molecule is CCOC(=O)c1ccc(NC(=O)CSC2=C(C)C=NC3=[N+](C)C(=O)N(C)C(=O)C23)cc1. The number of benzene rings is 1. The van der Waals surface area contributed by atoms with Crippen LogP contribution in [0.4, 0.5) is 10.5 Å². The standard InChI is InChI=1S/C21H22N4O5S/c1-5-30-20(28)13-6-8-14(9-7-13)23-15(26)11-31-17-12(2)10-22-18-16(17)19(27)25(4)21(29)24(18)3/h6-10,16H,5,11H2,1-4H3/p+1. The first-order valence-corrected chi connectivity index (χ1v) is 10.6. The number of hydrogen-bond acceptors (Lipinski definition) is 7. The van der Waals surface area contributed by atoms with Crippen LogP contribution in [-0.2, 0) is 14.3 Å². The second-order valence-electron chi connectivity index (χ2n) is 6.97. The van der Waals surface area contributed by atoms with E-state index in [1.54, 1.807) is 44.5 Å². The van der Waals surface area contributed by atoms with Gasteiger partial charge in [-0.2, -0.15) is 9.48 Å². The average Bonchev–Trinajstić information content (AvgIpc) is 2.75. The van der Waals surface area contributed by atoms with E-state index in [2.05, 4.69) is 10.3 Å². The summed E-state index contributed by atoms with van der Waals surface area (Å²) < 4.78 is 6.28. The Morgan fingerprint density at radius 3 is 2.58 bits per heavy atom. The summed E-state index contributed by atoms with van der Waals surface area (Å²) in [7, 11) is 3.00. The number of hydrogen-bond donors (Lipinski definition) is 1. The first-order chi connectivity index (χ1) is 14.7. The topological polar surface area (TPSA) is 108 Å². The summed E-state index contributed by atoms with van der Waals surface area (Å²) in [5.74, 6) is -1.34. The molecule has 0 saturated carbocycles. The number of ether oxygens (including phenoxy) is 1. The van der Waals surface area contributed by atoms with Crippen molar-refractivity contribution in [1.29, 1.82) is 0 Å². The minimum atomic E-state index is -0.709. The van der Waals surface area contributed by atoms with Crippen molar-refractivity contribution in [3.05, 3.63) is 40.3 Å². The number of dihydropyridines is 1. The van der Waals surface area contributed by atoms with Crippen LogP contribution in [0.15, 0.2) is 39.7 Å². The van der Waals surface area contributed by atoms with Crippen LogP contribution in [-0.4, -0.2) is 71.8 Å². The number of amides is 4. The Morgan fingerprint density at radius 2 is 1.94 bits per heavy atom. The molecule has 0 saturated heterocycles. The van der Waals surface area contributed by atoms with Crippen molar-refractivity contribution in [1.82, 2.24) is 4.90 Å². The number of allylic oxidation sites excluding steroid dienone is 1. The van der Waals surface area contributed by atoms with Gasteiger partial charge in [0.05, 0.1) is 32.0 Å². The molecule has 0 fully saturated rings. The van der Waals surface area contributed by atoms with Crippen molar-refractivity contribution in [2.24, 2.45) is 10.9 Å². The number of carbonyl (C=O) groups excluding carboxylic acids is 4. The van der Waals surface area contributed by atoms with Gasteiger partial charge in [-0.1, -0.05) is 0 Å². The van der Waals surface area contributed by atoms with E-state index >= 15 is 0 Å². The molecule has 1 N–H and O–H groups in total. The Bertz CT molecular complexity index is 1040. The van der Waals surface area contributed by atoms with E-state index in [-0.39, 0.29) is 24.2 Å². The fourth-order valence-electron chi connectivity index (χ4n) is 3.20. The molecule has 4 amide bonds. The fraction of sp³-hybridized carbons (Fsp3) is 0.333. The highest BCUT2D eigenvalue weighted by atomic mass is 32.2. The van der Waals surface area contributed by atoms with Crippen LogP contribution in [0.2, 0.25) is 0 Å². The molecule has 0 aliphatic carbocycles. The predicted octanol–water partition coefficient (Wildman–Crippen LogP) is 2.14. The highest BCUT2D eigenvalue weighted by Gasteiger charge is 2.47. The minimum Gasteiger partial charge on any atom is -0.462 e. The van der Waals surface area contributed by atoms with E-state index in [0.29, 0.717) is 22.0 Å². The largest absolute Gasteiger partial charge is 0.462 e. The Hall–Kier alpha value is -3.27. The molecule has 1 atom stereocenters. The Balaban J connectivity index is 1.68. The van der Waals surface area contributed by atoms with Gasteiger partial charge in [-0.05, 0) is 43.7 Å². The molecule has 3 rings (SSSR count). The number of amidine groups is 1. The van der Waals surface area contributed by atoms with Gasteiger partial charge >= 0.3 is 17.9 Å². The predicted molar refractivity (Wildman–Crippen MR) is 118 cm³/mol. The summed E-state index contributed by atoms with van der Waals surface area (Å²) in [4.78, 5) is 55.1. The zero-order valence-corrected chi connectivity index (χ0v) is 18.5. The fourth-order valence-corrected chi connectivity index (χ4v) is 4.21. The van der Waals surface area contributed by atoms with E-state index in [1.165, 1.54) is 23.4 Å². The van der Waals surface area contributed by atoms with Crippen LogP contribution in [0.25, 0.3) is 0 Å². The number of thioether (sulfide) groups is 1. The number of rotatable bonds is 6. The molecule has 162 valence electrons.